The highest BCUT2D eigenvalue weighted by Crippen LogP contribution is 2.21. The van der Waals surface area contributed by atoms with Crippen molar-refractivity contribution in [2.75, 3.05) is 12.8 Å². The quantitative estimate of drug-likeness (QED) is 0.707. The lowest BCUT2D eigenvalue weighted by molar-refractivity contribution is -0.119. The molecule has 1 unspecified atom stereocenters. The SMILES string of the molecule is CNC(CCSc1nccs1)C(N)=O. The molecule has 78 valence electrons. The van der Waals surface area contributed by atoms with Crippen LogP contribution < -0.4 is 11.1 Å². The highest BCUT2D eigenvalue weighted by molar-refractivity contribution is 8.00. The predicted molar refractivity (Wildman–Crippen MR) is 59.5 cm³/mol. The van der Waals surface area contributed by atoms with E-state index in [2.05, 4.69) is 10.3 Å². The van der Waals surface area contributed by atoms with Crippen LogP contribution in [0.25, 0.3) is 0 Å². The van der Waals surface area contributed by atoms with Crippen molar-refractivity contribution in [3.8, 4) is 0 Å². The lowest BCUT2D eigenvalue weighted by Gasteiger charge is -2.10. The topological polar surface area (TPSA) is 68.0 Å². The maximum atomic E-state index is 10.9. The molecule has 1 heterocycles. The average molecular weight is 231 g/mol. The summed E-state index contributed by atoms with van der Waals surface area (Å²) in [6, 6.07) is -0.234. The molecule has 0 spiro atoms. The van der Waals surface area contributed by atoms with E-state index < -0.39 is 0 Å². The van der Waals surface area contributed by atoms with Crippen molar-refractivity contribution in [2.45, 2.75) is 16.8 Å². The van der Waals surface area contributed by atoms with Gasteiger partial charge >= 0.3 is 0 Å². The average Bonchev–Trinajstić information content (AvgIpc) is 2.64. The van der Waals surface area contributed by atoms with Crippen LogP contribution in [0, 0.1) is 0 Å². The van der Waals surface area contributed by atoms with Crippen molar-refractivity contribution in [1.82, 2.24) is 10.3 Å². The van der Waals surface area contributed by atoms with E-state index in [0.717, 1.165) is 16.5 Å². The summed E-state index contributed by atoms with van der Waals surface area (Å²) in [5.74, 6) is 0.550. The number of nitrogens with zero attached hydrogens (tertiary/aromatic N) is 1. The Labute approximate surface area is 91.3 Å². The number of carbonyl (C=O) groups is 1. The zero-order valence-electron chi connectivity index (χ0n) is 7.90. The molecule has 0 radical (unpaired) electrons. The molecule has 4 nitrogen and oxygen atoms in total. The van der Waals surface area contributed by atoms with Crippen LogP contribution >= 0.6 is 23.1 Å². The molecule has 14 heavy (non-hydrogen) atoms. The van der Waals surface area contributed by atoms with Gasteiger partial charge in [0.1, 0.15) is 4.34 Å². The van der Waals surface area contributed by atoms with E-state index in [9.17, 15) is 4.79 Å². The lowest BCUT2D eigenvalue weighted by atomic mass is 10.2. The van der Waals surface area contributed by atoms with E-state index in [-0.39, 0.29) is 11.9 Å². The fraction of sp³-hybridized carbons (Fsp3) is 0.500. The van der Waals surface area contributed by atoms with Crippen LogP contribution in [0.2, 0.25) is 0 Å². The van der Waals surface area contributed by atoms with Crippen LogP contribution in [0.4, 0.5) is 0 Å². The van der Waals surface area contributed by atoms with Crippen LogP contribution in [-0.2, 0) is 4.79 Å². The summed E-state index contributed by atoms with van der Waals surface area (Å²) >= 11 is 3.25. The summed E-state index contributed by atoms with van der Waals surface area (Å²) in [6.45, 7) is 0. The second-order valence-corrected chi connectivity index (χ2v) is 4.92. The Morgan fingerprint density at radius 3 is 3.14 bits per heavy atom. The van der Waals surface area contributed by atoms with Crippen molar-refractivity contribution < 1.29 is 4.79 Å². The third kappa shape index (κ3) is 3.65. The fourth-order valence-electron chi connectivity index (χ4n) is 0.975. The Balaban J connectivity index is 2.23. The van der Waals surface area contributed by atoms with Gasteiger partial charge in [-0.15, -0.1) is 11.3 Å². The monoisotopic (exact) mass is 231 g/mol. The zero-order chi connectivity index (χ0) is 10.4. The number of nitrogens with two attached hydrogens (primary N) is 1. The third-order valence-electron chi connectivity index (χ3n) is 1.73. The van der Waals surface area contributed by atoms with E-state index in [1.54, 1.807) is 36.3 Å². The number of nitrogens with one attached hydrogen (secondary N) is 1. The molecule has 0 saturated heterocycles. The number of hydrogen-bond donors (Lipinski definition) is 2. The maximum absolute atomic E-state index is 10.9. The number of carbonyl (C=O) groups excluding carboxylic acids is 1. The Kier molecular flexibility index (Phi) is 4.92. The molecule has 1 atom stereocenters. The number of aromatic nitrogens is 1. The number of amides is 1. The number of thioether (sulfide) groups is 1. The largest absolute Gasteiger partial charge is 0.368 e. The summed E-state index contributed by atoms with van der Waals surface area (Å²) < 4.78 is 1.03. The molecule has 1 aromatic heterocycles. The fourth-order valence-corrected chi connectivity index (χ4v) is 2.69. The van der Waals surface area contributed by atoms with Crippen LogP contribution in [-0.4, -0.2) is 29.7 Å². The Morgan fingerprint density at radius 2 is 2.64 bits per heavy atom. The number of primary amides is 1. The molecule has 1 aromatic rings. The van der Waals surface area contributed by atoms with Crippen LogP contribution in [0.15, 0.2) is 15.9 Å². The van der Waals surface area contributed by atoms with Gasteiger partial charge in [0.05, 0.1) is 6.04 Å². The number of likely N-dealkylation sites (N-methyl/N-ethyl adjacent to an activating group) is 1. The minimum absolute atomic E-state index is 0.234. The van der Waals surface area contributed by atoms with Crippen LogP contribution in [0.3, 0.4) is 0 Å². The summed E-state index contributed by atoms with van der Waals surface area (Å²) in [5, 5.41) is 4.81. The van der Waals surface area contributed by atoms with Crippen molar-refractivity contribution in [3.05, 3.63) is 11.6 Å². The van der Waals surface area contributed by atoms with Gasteiger partial charge in [-0.05, 0) is 13.5 Å². The summed E-state index contributed by atoms with van der Waals surface area (Å²) in [4.78, 5) is 15.0. The molecule has 0 bridgehead atoms. The van der Waals surface area contributed by atoms with E-state index >= 15 is 0 Å². The Morgan fingerprint density at radius 1 is 1.86 bits per heavy atom. The summed E-state index contributed by atoms with van der Waals surface area (Å²) in [7, 11) is 1.74. The Bertz CT molecular complexity index is 276. The first-order valence-electron chi connectivity index (χ1n) is 4.23. The molecule has 0 aromatic carbocycles. The normalized spacial score (nSPS) is 12.6. The van der Waals surface area contributed by atoms with E-state index in [4.69, 9.17) is 5.73 Å². The van der Waals surface area contributed by atoms with Crippen molar-refractivity contribution >= 4 is 29.0 Å². The van der Waals surface area contributed by atoms with E-state index in [1.807, 2.05) is 5.38 Å². The first-order chi connectivity index (χ1) is 6.74. The smallest absolute Gasteiger partial charge is 0.234 e. The predicted octanol–water partition coefficient (Wildman–Crippen LogP) is 0.699. The Hall–Kier alpha value is -0.590. The first-order valence-corrected chi connectivity index (χ1v) is 6.09. The van der Waals surface area contributed by atoms with Gasteiger partial charge in [-0.2, -0.15) is 0 Å². The van der Waals surface area contributed by atoms with Gasteiger partial charge in [-0.1, -0.05) is 11.8 Å². The highest BCUT2D eigenvalue weighted by atomic mass is 32.2. The van der Waals surface area contributed by atoms with Crippen molar-refractivity contribution in [1.29, 1.82) is 0 Å². The van der Waals surface area contributed by atoms with Crippen molar-refractivity contribution in [3.63, 3.8) is 0 Å². The van der Waals surface area contributed by atoms with Gasteiger partial charge in [0.25, 0.3) is 0 Å². The molecule has 0 saturated carbocycles. The molecule has 0 aliphatic rings. The second kappa shape index (κ2) is 6.00. The highest BCUT2D eigenvalue weighted by Gasteiger charge is 2.11. The second-order valence-electron chi connectivity index (χ2n) is 2.68. The zero-order valence-corrected chi connectivity index (χ0v) is 9.53. The van der Waals surface area contributed by atoms with Gasteiger partial charge in [0.15, 0.2) is 0 Å². The van der Waals surface area contributed by atoms with E-state index in [0.29, 0.717) is 0 Å². The molecule has 0 aliphatic heterocycles. The van der Waals surface area contributed by atoms with Gasteiger partial charge in [-0.3, -0.25) is 4.79 Å². The lowest BCUT2D eigenvalue weighted by Crippen LogP contribution is -2.39. The number of rotatable bonds is 6. The molecular formula is C8H13N3OS2. The number of hydrogen-bond acceptors (Lipinski definition) is 5. The van der Waals surface area contributed by atoms with Gasteiger partial charge < -0.3 is 11.1 Å². The molecule has 0 fully saturated rings. The molecule has 3 N–H and O–H groups in total. The van der Waals surface area contributed by atoms with Crippen LogP contribution in [0.5, 0.6) is 0 Å². The maximum Gasteiger partial charge on any atom is 0.234 e. The minimum atomic E-state index is -0.299. The standard InChI is InChI=1S/C8H13N3OS2/c1-10-6(7(9)12)2-4-13-8-11-3-5-14-8/h3,5-6,10H,2,4H2,1H3,(H2,9,12). The molecule has 0 aliphatic carbocycles. The van der Waals surface area contributed by atoms with Gasteiger partial charge in [-0.25, -0.2) is 4.98 Å². The third-order valence-corrected chi connectivity index (χ3v) is 3.73. The summed E-state index contributed by atoms with van der Waals surface area (Å²) in [6.07, 6.45) is 2.51. The van der Waals surface area contributed by atoms with Crippen molar-refractivity contribution in [2.24, 2.45) is 5.73 Å². The minimum Gasteiger partial charge on any atom is -0.368 e. The van der Waals surface area contributed by atoms with Crippen LogP contribution in [0.1, 0.15) is 6.42 Å². The molecule has 1 rings (SSSR count). The van der Waals surface area contributed by atoms with E-state index in [1.165, 1.54) is 0 Å². The van der Waals surface area contributed by atoms with Gasteiger partial charge in [0, 0.05) is 17.3 Å². The number of thiazole rings is 1. The molecular weight excluding hydrogens is 218 g/mol. The summed E-state index contributed by atoms with van der Waals surface area (Å²) in [5.41, 5.74) is 5.18. The molecule has 6 heteroatoms. The molecule has 1 amide bonds. The first kappa shape index (κ1) is 11.5. The van der Waals surface area contributed by atoms with Gasteiger partial charge in [0.2, 0.25) is 5.91 Å².